The molecule has 0 amide bonds. The summed E-state index contributed by atoms with van der Waals surface area (Å²) in [5.74, 6) is 0. The molecule has 1 aliphatic rings. The Balaban J connectivity index is 1.35. The lowest BCUT2D eigenvalue weighted by atomic mass is 10.2. The van der Waals surface area contributed by atoms with Gasteiger partial charge in [0.05, 0.1) is 0 Å². The summed E-state index contributed by atoms with van der Waals surface area (Å²) >= 11 is 4.17. The normalized spacial score (nSPS) is 13.9. The molecule has 2 nitrogen and oxygen atoms in total. The van der Waals surface area contributed by atoms with Crippen LogP contribution in [0.25, 0.3) is 21.9 Å². The van der Waals surface area contributed by atoms with Crippen LogP contribution in [0, 0.1) is 0 Å². The second-order valence-corrected chi connectivity index (χ2v) is 30.5. The van der Waals surface area contributed by atoms with Gasteiger partial charge in [-0.1, -0.05) is 147 Å². The van der Waals surface area contributed by atoms with E-state index in [0.717, 1.165) is 0 Å². The fourth-order valence-electron chi connectivity index (χ4n) is 7.16. The molecule has 258 valence electrons. The van der Waals surface area contributed by atoms with Gasteiger partial charge in [-0.2, -0.15) is 0 Å². The second-order valence-electron chi connectivity index (χ2n) is 15.3. The van der Waals surface area contributed by atoms with Crippen LogP contribution in [-0.2, 0) is 0 Å². The fraction of sp³-hybridized carbons (Fsp3) is 0.182. The van der Waals surface area contributed by atoms with Crippen molar-refractivity contribution in [2.45, 2.75) is 26.2 Å². The number of anilines is 2. The van der Waals surface area contributed by atoms with E-state index in [1.807, 2.05) is 0 Å². The van der Waals surface area contributed by atoms with Crippen LogP contribution in [0.2, 0.25) is 26.2 Å². The maximum Gasteiger partial charge on any atom is 0.182 e. The molecule has 0 aliphatic carbocycles. The summed E-state index contributed by atoms with van der Waals surface area (Å²) < 4.78 is 3.13. The van der Waals surface area contributed by atoms with E-state index in [1.165, 1.54) is 42.6 Å². The summed E-state index contributed by atoms with van der Waals surface area (Å²) in [6, 6.07) is 46.1. The van der Waals surface area contributed by atoms with Gasteiger partial charge in [0, 0.05) is 49.3 Å². The second kappa shape index (κ2) is 13.9. The molecular weight excluding hydrogens is 705 g/mol. The molecule has 7 rings (SSSR count). The van der Waals surface area contributed by atoms with Crippen molar-refractivity contribution < 1.29 is 0 Å². The molecule has 7 heteroatoms. The molecule has 2 aromatic heterocycles. The van der Waals surface area contributed by atoms with Gasteiger partial charge in [0.1, 0.15) is 16.1 Å². The third-order valence-electron chi connectivity index (χ3n) is 10.4. The van der Waals surface area contributed by atoms with Gasteiger partial charge in [-0.3, -0.25) is 0 Å². The minimum atomic E-state index is -2.54. The Kier molecular flexibility index (Phi) is 9.62. The highest BCUT2D eigenvalue weighted by atomic mass is 32.1. The van der Waals surface area contributed by atoms with Crippen LogP contribution in [0.4, 0.5) is 11.4 Å². The lowest BCUT2D eigenvalue weighted by Crippen LogP contribution is -2.73. The standard InChI is InChI=1S/C44H48N2S2Si3/c1-45(2)35-23-19-33(20-24-35)27-29-49(5,6)41-31-39-43(47-41)44-40(51(39,37-15-11-9-12-16-37)38-17-13-10-14-18-38)32-42(48-44)50(7,8)30-28-34-21-25-36(26-22-34)46(3)4/h9-32H,1-8H3/b29-27+,30-28+. The van der Waals surface area contributed by atoms with E-state index >= 15 is 0 Å². The largest absolute Gasteiger partial charge is 0.378 e. The Morgan fingerprint density at radius 1 is 0.490 bits per heavy atom. The van der Waals surface area contributed by atoms with Crippen LogP contribution < -0.4 is 39.5 Å². The molecule has 51 heavy (non-hydrogen) atoms. The number of nitrogens with zero attached hydrogens (tertiary/aromatic N) is 2. The number of thiophene rings is 2. The fourth-order valence-corrected chi connectivity index (χ4v) is 21.5. The highest BCUT2D eigenvalue weighted by Crippen LogP contribution is 2.37. The van der Waals surface area contributed by atoms with Crippen LogP contribution in [0.3, 0.4) is 0 Å². The lowest BCUT2D eigenvalue weighted by Gasteiger charge is -2.30. The van der Waals surface area contributed by atoms with Gasteiger partial charge < -0.3 is 9.80 Å². The molecule has 0 saturated heterocycles. The molecule has 6 aromatic rings. The SMILES string of the molecule is CN(C)c1ccc(/C=C/[Si](C)(C)c2cc3c(s2)-c2sc([Si](C)(C)/C=C/c4ccc(N(C)C)cc4)cc2[Si]3(c2ccccc2)c2ccccc2)cc1. The van der Waals surface area contributed by atoms with Crippen molar-refractivity contribution in [3.8, 4) is 9.75 Å². The van der Waals surface area contributed by atoms with Gasteiger partial charge in [0.15, 0.2) is 8.07 Å². The van der Waals surface area contributed by atoms with Gasteiger partial charge in [0.2, 0.25) is 0 Å². The number of benzene rings is 4. The molecule has 0 unspecified atom stereocenters. The first-order valence-electron chi connectivity index (χ1n) is 17.7. The smallest absolute Gasteiger partial charge is 0.182 e. The van der Waals surface area contributed by atoms with Gasteiger partial charge in [-0.05, 0) is 65.1 Å². The van der Waals surface area contributed by atoms with E-state index in [9.17, 15) is 0 Å². The highest BCUT2D eigenvalue weighted by Gasteiger charge is 2.52. The minimum Gasteiger partial charge on any atom is -0.378 e. The first-order valence-corrected chi connectivity index (χ1v) is 27.5. The quantitative estimate of drug-likeness (QED) is 0.133. The summed E-state index contributed by atoms with van der Waals surface area (Å²) in [6.07, 6.45) is 4.72. The minimum absolute atomic E-state index is 1.23. The number of fused-ring (bicyclic) bond motifs is 3. The van der Waals surface area contributed by atoms with E-state index in [1.54, 1.807) is 19.4 Å². The third-order valence-corrected chi connectivity index (χ3v) is 26.2. The number of hydrogen-bond acceptors (Lipinski definition) is 4. The van der Waals surface area contributed by atoms with Crippen LogP contribution in [0.1, 0.15) is 11.1 Å². The lowest BCUT2D eigenvalue weighted by molar-refractivity contribution is 1.13. The summed E-state index contributed by atoms with van der Waals surface area (Å²) in [5, 5.41) is 6.15. The van der Waals surface area contributed by atoms with Crippen LogP contribution in [0.15, 0.2) is 133 Å². The molecule has 4 aromatic carbocycles. The van der Waals surface area contributed by atoms with Crippen molar-refractivity contribution in [1.82, 2.24) is 0 Å². The highest BCUT2D eigenvalue weighted by molar-refractivity contribution is 7.41. The third kappa shape index (κ3) is 6.62. The molecule has 0 spiro atoms. The van der Waals surface area contributed by atoms with E-state index in [4.69, 9.17) is 0 Å². The predicted octanol–water partition coefficient (Wildman–Crippen LogP) is 7.64. The monoisotopic (exact) mass is 752 g/mol. The number of rotatable bonds is 10. The summed E-state index contributed by atoms with van der Waals surface area (Å²) in [5.41, 5.74) is 10.1. The van der Waals surface area contributed by atoms with E-state index in [0.29, 0.717) is 0 Å². The Hall–Kier alpha value is -3.99. The Bertz CT molecular complexity index is 2030. The van der Waals surface area contributed by atoms with Gasteiger partial charge in [-0.15, -0.1) is 22.7 Å². The average molecular weight is 753 g/mol. The first-order chi connectivity index (χ1) is 24.4. The Labute approximate surface area is 316 Å². The zero-order valence-electron chi connectivity index (χ0n) is 31.1. The van der Waals surface area contributed by atoms with Crippen molar-refractivity contribution in [3.63, 3.8) is 0 Å². The molecule has 0 atom stereocenters. The Morgan fingerprint density at radius 3 is 1.18 bits per heavy atom. The van der Waals surface area contributed by atoms with Gasteiger partial charge in [-0.25, -0.2) is 0 Å². The van der Waals surface area contributed by atoms with Crippen molar-refractivity contribution in [2.75, 3.05) is 38.0 Å². The summed E-state index contributed by atoms with van der Waals surface area (Å²) in [6.45, 7) is 10.1. The Morgan fingerprint density at radius 2 is 0.843 bits per heavy atom. The molecule has 0 fully saturated rings. The van der Waals surface area contributed by atoms with E-state index in [2.05, 4.69) is 232 Å². The molecule has 0 radical (unpaired) electrons. The maximum atomic E-state index is 2.66. The van der Waals surface area contributed by atoms with Crippen molar-refractivity contribution in [1.29, 1.82) is 0 Å². The average Bonchev–Trinajstić information content (AvgIpc) is 3.84. The molecular formula is C44H48N2S2Si3. The van der Waals surface area contributed by atoms with Gasteiger partial charge >= 0.3 is 0 Å². The van der Waals surface area contributed by atoms with Gasteiger partial charge in [0.25, 0.3) is 0 Å². The zero-order chi connectivity index (χ0) is 36.0. The van der Waals surface area contributed by atoms with Crippen molar-refractivity contribution >= 4 is 100 Å². The van der Waals surface area contributed by atoms with Crippen molar-refractivity contribution in [2.24, 2.45) is 0 Å². The molecule has 1 aliphatic heterocycles. The van der Waals surface area contributed by atoms with E-state index in [-0.39, 0.29) is 0 Å². The van der Waals surface area contributed by atoms with E-state index < -0.39 is 24.2 Å². The first kappa shape index (κ1) is 35.4. The molecule has 0 N–H and O–H groups in total. The maximum absolute atomic E-state index is 2.66. The van der Waals surface area contributed by atoms with Crippen LogP contribution in [-0.4, -0.2) is 52.4 Å². The molecule has 3 heterocycles. The summed E-state index contributed by atoms with van der Waals surface area (Å²) in [7, 11) is 2.00. The topological polar surface area (TPSA) is 6.48 Å². The summed E-state index contributed by atoms with van der Waals surface area (Å²) in [4.78, 5) is 7.35. The van der Waals surface area contributed by atoms with Crippen LogP contribution >= 0.6 is 22.7 Å². The number of hydrogen-bond donors (Lipinski definition) is 0. The van der Waals surface area contributed by atoms with Crippen LogP contribution in [0.5, 0.6) is 0 Å². The predicted molar refractivity (Wildman–Crippen MR) is 239 cm³/mol. The zero-order valence-corrected chi connectivity index (χ0v) is 35.7. The molecule has 0 bridgehead atoms. The molecule has 0 saturated carbocycles. The van der Waals surface area contributed by atoms with Crippen molar-refractivity contribution in [3.05, 3.63) is 144 Å².